The van der Waals surface area contributed by atoms with E-state index in [4.69, 9.17) is 0 Å². The minimum atomic E-state index is -0.0917. The van der Waals surface area contributed by atoms with Gasteiger partial charge in [-0.15, -0.1) is 11.3 Å². The molecule has 2 aromatic heterocycles. The summed E-state index contributed by atoms with van der Waals surface area (Å²) in [6.07, 6.45) is 1.73. The average Bonchev–Trinajstić information content (AvgIpc) is 3.38. The van der Waals surface area contributed by atoms with Gasteiger partial charge in [-0.2, -0.15) is 0 Å². The lowest BCUT2D eigenvalue weighted by molar-refractivity contribution is 0.0944. The number of hydrogen-bond acceptors (Lipinski definition) is 7. The molecule has 2 heterocycles. The maximum atomic E-state index is 12.8. The van der Waals surface area contributed by atoms with E-state index in [1.165, 1.54) is 16.9 Å². The lowest BCUT2D eigenvalue weighted by Crippen LogP contribution is -2.26. The van der Waals surface area contributed by atoms with Gasteiger partial charge in [0.2, 0.25) is 5.95 Å². The fourth-order valence-electron chi connectivity index (χ4n) is 3.67. The minimum Gasteiger partial charge on any atom is -0.345 e. The number of amides is 1. The Kier molecular flexibility index (Phi) is 8.78. The number of anilines is 2. The summed E-state index contributed by atoms with van der Waals surface area (Å²) in [6, 6.07) is 23.7. The van der Waals surface area contributed by atoms with E-state index in [9.17, 15) is 4.79 Å². The van der Waals surface area contributed by atoms with Gasteiger partial charge in [-0.05, 0) is 62.5 Å². The van der Waals surface area contributed by atoms with E-state index in [1.54, 1.807) is 6.20 Å². The SMILES string of the molecule is C[C@@H](NC(=O)c1ccc(-c2ccnc(Nc3cccc(CNCCN(C)C)c3)n2)s1)c1ccccc1. The Morgan fingerprint density at radius 3 is 2.67 bits per heavy atom. The zero-order valence-electron chi connectivity index (χ0n) is 20.9. The van der Waals surface area contributed by atoms with Gasteiger partial charge in [0.25, 0.3) is 5.91 Å². The van der Waals surface area contributed by atoms with Crippen molar-refractivity contribution in [1.29, 1.82) is 0 Å². The van der Waals surface area contributed by atoms with Gasteiger partial charge in [-0.25, -0.2) is 9.97 Å². The highest BCUT2D eigenvalue weighted by atomic mass is 32.1. The lowest BCUT2D eigenvalue weighted by atomic mass is 10.1. The van der Waals surface area contributed by atoms with Crippen molar-refractivity contribution in [1.82, 2.24) is 25.5 Å². The Morgan fingerprint density at radius 2 is 1.86 bits per heavy atom. The molecule has 0 aliphatic heterocycles. The number of benzene rings is 2. The van der Waals surface area contributed by atoms with Crippen LogP contribution >= 0.6 is 11.3 Å². The standard InChI is InChI=1S/C28H32N6OS/c1-20(22-9-5-4-6-10-22)31-27(35)26-13-12-25(36-26)24-14-15-30-28(33-24)32-23-11-7-8-21(18-23)19-29-16-17-34(2)3/h4-15,18,20,29H,16-17,19H2,1-3H3,(H,31,35)(H,30,32,33)/t20-/m1/s1. The third kappa shape index (κ3) is 7.21. The van der Waals surface area contributed by atoms with E-state index in [2.05, 4.69) is 57.0 Å². The number of likely N-dealkylation sites (N-methyl/N-ethyl adjacent to an activating group) is 1. The van der Waals surface area contributed by atoms with E-state index in [1.807, 2.05) is 67.6 Å². The molecule has 0 saturated heterocycles. The van der Waals surface area contributed by atoms with Crippen molar-refractivity contribution in [2.45, 2.75) is 19.5 Å². The van der Waals surface area contributed by atoms with Gasteiger partial charge in [0, 0.05) is 31.5 Å². The monoisotopic (exact) mass is 500 g/mol. The molecule has 0 aliphatic rings. The summed E-state index contributed by atoms with van der Waals surface area (Å²) in [5.41, 5.74) is 3.96. The van der Waals surface area contributed by atoms with E-state index in [-0.39, 0.29) is 11.9 Å². The lowest BCUT2D eigenvalue weighted by Gasteiger charge is -2.13. The van der Waals surface area contributed by atoms with Crippen LogP contribution in [0.1, 0.15) is 33.8 Å². The van der Waals surface area contributed by atoms with Crippen LogP contribution in [0.3, 0.4) is 0 Å². The maximum Gasteiger partial charge on any atom is 0.261 e. The second kappa shape index (κ2) is 12.4. The molecule has 0 bridgehead atoms. The van der Waals surface area contributed by atoms with Gasteiger partial charge in [0.05, 0.1) is 21.5 Å². The summed E-state index contributed by atoms with van der Waals surface area (Å²) in [5.74, 6) is 0.424. The van der Waals surface area contributed by atoms with Gasteiger partial charge in [0.1, 0.15) is 0 Å². The number of nitrogens with one attached hydrogen (secondary N) is 3. The quantitative estimate of drug-likeness (QED) is 0.249. The normalized spacial score (nSPS) is 11.9. The van der Waals surface area contributed by atoms with Crippen LogP contribution in [0.15, 0.2) is 79.0 Å². The second-order valence-corrected chi connectivity index (χ2v) is 9.92. The summed E-state index contributed by atoms with van der Waals surface area (Å²) in [6.45, 7) is 4.71. The first-order valence-corrected chi connectivity index (χ1v) is 12.8. The molecule has 36 heavy (non-hydrogen) atoms. The molecule has 0 saturated carbocycles. The molecule has 2 aromatic carbocycles. The number of hydrogen-bond donors (Lipinski definition) is 3. The van der Waals surface area contributed by atoms with Gasteiger partial charge in [0.15, 0.2) is 0 Å². The van der Waals surface area contributed by atoms with Crippen LogP contribution in [0, 0.1) is 0 Å². The van der Waals surface area contributed by atoms with Crippen LogP contribution in [-0.4, -0.2) is 48.0 Å². The van der Waals surface area contributed by atoms with E-state index >= 15 is 0 Å². The van der Waals surface area contributed by atoms with Crippen LogP contribution in [0.5, 0.6) is 0 Å². The van der Waals surface area contributed by atoms with Crippen molar-refractivity contribution in [2.75, 3.05) is 32.5 Å². The molecular weight excluding hydrogens is 468 g/mol. The molecule has 8 heteroatoms. The van der Waals surface area contributed by atoms with Gasteiger partial charge in [-0.1, -0.05) is 42.5 Å². The third-order valence-electron chi connectivity index (χ3n) is 5.63. The van der Waals surface area contributed by atoms with E-state index in [0.717, 1.165) is 41.5 Å². The summed E-state index contributed by atoms with van der Waals surface area (Å²) >= 11 is 1.42. The van der Waals surface area contributed by atoms with Crippen LogP contribution in [0.4, 0.5) is 11.6 Å². The van der Waals surface area contributed by atoms with Crippen molar-refractivity contribution in [2.24, 2.45) is 0 Å². The smallest absolute Gasteiger partial charge is 0.261 e. The van der Waals surface area contributed by atoms with Crippen LogP contribution in [-0.2, 0) is 6.54 Å². The first-order valence-electron chi connectivity index (χ1n) is 12.0. The fraction of sp³-hybridized carbons (Fsp3) is 0.250. The van der Waals surface area contributed by atoms with Crippen molar-refractivity contribution >= 4 is 28.9 Å². The second-order valence-electron chi connectivity index (χ2n) is 8.84. The highest BCUT2D eigenvalue weighted by Gasteiger charge is 2.15. The summed E-state index contributed by atoms with van der Waals surface area (Å²) in [4.78, 5) is 25.6. The van der Waals surface area contributed by atoms with Crippen molar-refractivity contribution in [3.63, 3.8) is 0 Å². The van der Waals surface area contributed by atoms with Gasteiger partial charge in [-0.3, -0.25) is 4.79 Å². The Balaban J connectivity index is 1.38. The number of thiophene rings is 1. The molecule has 4 rings (SSSR count). The minimum absolute atomic E-state index is 0.0712. The Hall–Kier alpha value is -3.59. The van der Waals surface area contributed by atoms with E-state index < -0.39 is 0 Å². The zero-order valence-corrected chi connectivity index (χ0v) is 21.7. The molecule has 1 amide bonds. The van der Waals surface area contributed by atoms with Crippen LogP contribution < -0.4 is 16.0 Å². The molecule has 0 aliphatic carbocycles. The van der Waals surface area contributed by atoms with Crippen molar-refractivity contribution in [3.05, 3.63) is 95.0 Å². The summed E-state index contributed by atoms with van der Waals surface area (Å²) < 4.78 is 0. The van der Waals surface area contributed by atoms with Crippen molar-refractivity contribution < 1.29 is 4.79 Å². The van der Waals surface area contributed by atoms with E-state index in [0.29, 0.717) is 10.8 Å². The maximum absolute atomic E-state index is 12.8. The molecule has 0 unspecified atom stereocenters. The largest absolute Gasteiger partial charge is 0.345 e. The molecule has 186 valence electrons. The molecule has 7 nitrogen and oxygen atoms in total. The average molecular weight is 501 g/mol. The number of carbonyl (C=O) groups is 1. The highest BCUT2D eigenvalue weighted by molar-refractivity contribution is 7.17. The predicted molar refractivity (Wildman–Crippen MR) is 148 cm³/mol. The number of rotatable bonds is 11. The molecule has 0 spiro atoms. The third-order valence-corrected chi connectivity index (χ3v) is 6.74. The van der Waals surface area contributed by atoms with Gasteiger partial charge >= 0.3 is 0 Å². The summed E-state index contributed by atoms with van der Waals surface area (Å²) in [5, 5.41) is 9.83. The topological polar surface area (TPSA) is 82.2 Å². The Bertz CT molecular complexity index is 1270. The molecule has 1 atom stereocenters. The molecule has 0 fully saturated rings. The first-order chi connectivity index (χ1) is 17.5. The zero-order chi connectivity index (χ0) is 25.3. The van der Waals surface area contributed by atoms with Crippen LogP contribution in [0.2, 0.25) is 0 Å². The Morgan fingerprint density at radius 1 is 1.03 bits per heavy atom. The molecule has 0 radical (unpaired) electrons. The molecular formula is C28H32N6OS. The fourth-order valence-corrected chi connectivity index (χ4v) is 4.55. The number of aromatic nitrogens is 2. The number of carbonyl (C=O) groups excluding carboxylic acids is 1. The highest BCUT2D eigenvalue weighted by Crippen LogP contribution is 2.28. The summed E-state index contributed by atoms with van der Waals surface area (Å²) in [7, 11) is 4.14. The Labute approximate surface area is 216 Å². The predicted octanol–water partition coefficient (Wildman–Crippen LogP) is 5.09. The van der Waals surface area contributed by atoms with Gasteiger partial charge < -0.3 is 20.9 Å². The molecule has 4 aromatic rings. The molecule has 3 N–H and O–H groups in total. The first kappa shape index (κ1) is 25.5. The van der Waals surface area contributed by atoms with Crippen molar-refractivity contribution in [3.8, 4) is 10.6 Å². The number of nitrogens with zero attached hydrogens (tertiary/aromatic N) is 3. The van der Waals surface area contributed by atoms with Crippen LogP contribution in [0.25, 0.3) is 10.6 Å².